The molecule has 2 heterocycles. The number of ether oxygens (including phenoxy) is 2. The smallest absolute Gasteiger partial charge is 0.248 e. The van der Waals surface area contributed by atoms with Gasteiger partial charge in [-0.15, -0.1) is 0 Å². The molecule has 1 aliphatic carbocycles. The number of nitrogens with zero attached hydrogens (tertiary/aromatic N) is 4. The zero-order valence-electron chi connectivity index (χ0n) is 20.9. The molecule has 4 rings (SSSR count). The van der Waals surface area contributed by atoms with Gasteiger partial charge in [-0.3, -0.25) is 9.63 Å². The van der Waals surface area contributed by atoms with Crippen molar-refractivity contribution < 1.29 is 19.1 Å². The molecule has 1 aromatic carbocycles. The summed E-state index contributed by atoms with van der Waals surface area (Å²) in [5.74, 6) is 1.34. The van der Waals surface area contributed by atoms with Crippen molar-refractivity contribution in [2.45, 2.75) is 57.3 Å². The zero-order valence-corrected chi connectivity index (χ0v) is 21.8. The van der Waals surface area contributed by atoms with E-state index in [-0.39, 0.29) is 11.8 Å². The predicted octanol–water partition coefficient (Wildman–Crippen LogP) is 5.34. The van der Waals surface area contributed by atoms with Crippen LogP contribution in [0.25, 0.3) is 15.5 Å². The van der Waals surface area contributed by atoms with Crippen LogP contribution in [0.3, 0.4) is 0 Å². The Kier molecular flexibility index (Phi) is 9.12. The van der Waals surface area contributed by atoms with Crippen molar-refractivity contribution >= 4 is 22.2 Å². The minimum Gasteiger partial charge on any atom is -0.494 e. The quantitative estimate of drug-likeness (QED) is 0.247. The van der Waals surface area contributed by atoms with Crippen molar-refractivity contribution in [3.8, 4) is 16.3 Å². The third kappa shape index (κ3) is 6.39. The van der Waals surface area contributed by atoms with Crippen LogP contribution < -0.4 is 4.74 Å². The summed E-state index contributed by atoms with van der Waals surface area (Å²) in [6.07, 6.45) is 10.1. The topological polar surface area (TPSA) is 78.2 Å². The van der Waals surface area contributed by atoms with Crippen molar-refractivity contribution in [1.29, 1.82) is 0 Å². The fourth-order valence-corrected chi connectivity index (χ4v) is 5.56. The normalized spacial score (nSPS) is 18.1. The molecule has 190 valence electrons. The lowest BCUT2D eigenvalue weighted by molar-refractivity contribution is -0.174. The van der Waals surface area contributed by atoms with Crippen molar-refractivity contribution in [3.63, 3.8) is 0 Å². The highest BCUT2D eigenvalue weighted by Crippen LogP contribution is 2.38. The SMILES string of the molecule is COCCCCCCOc1ccc(-c2nn3c(C4CCC(C(=O)N(C)OC)CC4)cnc3s2)cc1. The van der Waals surface area contributed by atoms with Crippen LogP contribution in [0.15, 0.2) is 30.5 Å². The molecule has 0 atom stereocenters. The number of amides is 1. The molecule has 0 radical (unpaired) electrons. The summed E-state index contributed by atoms with van der Waals surface area (Å²) >= 11 is 1.60. The first kappa shape index (κ1) is 25.6. The number of fused-ring (bicyclic) bond motifs is 1. The molecule has 1 fully saturated rings. The van der Waals surface area contributed by atoms with Gasteiger partial charge in [0.15, 0.2) is 0 Å². The highest BCUT2D eigenvalue weighted by molar-refractivity contribution is 7.19. The van der Waals surface area contributed by atoms with Crippen LogP contribution in [0.1, 0.15) is 63.0 Å². The van der Waals surface area contributed by atoms with Crippen molar-refractivity contribution in [2.24, 2.45) is 5.92 Å². The number of rotatable bonds is 12. The molecule has 3 aromatic rings. The van der Waals surface area contributed by atoms with Crippen LogP contribution in [-0.4, -0.2) is 60.0 Å². The van der Waals surface area contributed by atoms with Gasteiger partial charge in [0.2, 0.25) is 10.9 Å². The van der Waals surface area contributed by atoms with Crippen molar-refractivity contribution in [3.05, 3.63) is 36.2 Å². The standard InChI is InChI=1S/C26H36N4O4S/c1-29(33-3)25(31)21-10-8-19(9-11-21)23-18-27-26-30(23)28-24(35-26)20-12-14-22(15-13-20)34-17-7-5-4-6-16-32-2/h12-15,18-19,21H,4-11,16-17H2,1-3H3. The van der Waals surface area contributed by atoms with E-state index in [4.69, 9.17) is 19.4 Å². The molecule has 0 bridgehead atoms. The Hall–Kier alpha value is -2.49. The second kappa shape index (κ2) is 12.5. The molecule has 35 heavy (non-hydrogen) atoms. The molecule has 2 aromatic heterocycles. The van der Waals surface area contributed by atoms with Gasteiger partial charge in [-0.25, -0.2) is 14.6 Å². The third-order valence-corrected chi connectivity index (χ3v) is 7.78. The first-order chi connectivity index (χ1) is 17.1. The van der Waals surface area contributed by atoms with E-state index in [2.05, 4.69) is 17.1 Å². The molecule has 1 amide bonds. The van der Waals surface area contributed by atoms with Crippen LogP contribution in [-0.2, 0) is 14.4 Å². The van der Waals surface area contributed by atoms with Gasteiger partial charge in [-0.2, -0.15) is 5.10 Å². The number of hydroxylamine groups is 2. The molecule has 8 nitrogen and oxygen atoms in total. The molecule has 0 aliphatic heterocycles. The van der Waals surface area contributed by atoms with Gasteiger partial charge in [0.05, 0.1) is 25.6 Å². The zero-order chi connectivity index (χ0) is 24.6. The Labute approximate surface area is 211 Å². The summed E-state index contributed by atoms with van der Waals surface area (Å²) in [6, 6.07) is 8.16. The molecule has 0 N–H and O–H groups in total. The minimum atomic E-state index is 0.0296. The maximum absolute atomic E-state index is 12.4. The van der Waals surface area contributed by atoms with E-state index in [1.807, 2.05) is 22.8 Å². The summed E-state index contributed by atoms with van der Waals surface area (Å²) < 4.78 is 13.0. The largest absolute Gasteiger partial charge is 0.494 e. The average Bonchev–Trinajstić information content (AvgIpc) is 3.49. The number of carbonyl (C=O) groups is 1. The number of benzene rings is 1. The van der Waals surface area contributed by atoms with E-state index < -0.39 is 0 Å². The number of methoxy groups -OCH3 is 1. The van der Waals surface area contributed by atoms with Crippen molar-refractivity contribution in [2.75, 3.05) is 34.5 Å². The summed E-state index contributed by atoms with van der Waals surface area (Å²) in [5, 5.41) is 7.17. The lowest BCUT2D eigenvalue weighted by Crippen LogP contribution is -2.34. The fourth-order valence-electron chi connectivity index (χ4n) is 4.67. The molecule has 0 spiro atoms. The van der Waals surface area contributed by atoms with E-state index in [0.717, 1.165) is 85.1 Å². The summed E-state index contributed by atoms with van der Waals surface area (Å²) in [7, 11) is 4.95. The fraction of sp³-hybridized carbons (Fsp3) is 0.577. The van der Waals surface area contributed by atoms with Gasteiger partial charge >= 0.3 is 0 Å². The Bertz CT molecular complexity index is 1070. The van der Waals surface area contributed by atoms with E-state index in [1.165, 1.54) is 18.6 Å². The Morgan fingerprint density at radius 2 is 1.77 bits per heavy atom. The lowest BCUT2D eigenvalue weighted by atomic mass is 9.80. The second-order valence-corrected chi connectivity index (χ2v) is 10.1. The Morgan fingerprint density at radius 3 is 2.46 bits per heavy atom. The first-order valence-electron chi connectivity index (χ1n) is 12.5. The van der Waals surface area contributed by atoms with Crippen LogP contribution in [0.4, 0.5) is 0 Å². The Balaban J connectivity index is 1.32. The lowest BCUT2D eigenvalue weighted by Gasteiger charge is -2.29. The maximum Gasteiger partial charge on any atom is 0.248 e. The molecule has 0 unspecified atom stereocenters. The summed E-state index contributed by atoms with van der Waals surface area (Å²) in [6.45, 7) is 1.57. The molecule has 9 heteroatoms. The monoisotopic (exact) mass is 500 g/mol. The number of carbonyl (C=O) groups excluding carboxylic acids is 1. The highest BCUT2D eigenvalue weighted by Gasteiger charge is 2.31. The van der Waals surface area contributed by atoms with Crippen LogP contribution in [0.2, 0.25) is 0 Å². The predicted molar refractivity (Wildman–Crippen MR) is 137 cm³/mol. The Morgan fingerprint density at radius 1 is 1.06 bits per heavy atom. The van der Waals surface area contributed by atoms with Gasteiger partial charge in [-0.1, -0.05) is 17.8 Å². The first-order valence-corrected chi connectivity index (χ1v) is 13.3. The number of unbranched alkanes of at least 4 members (excludes halogenated alkanes) is 3. The number of hydrogen-bond donors (Lipinski definition) is 0. The van der Waals surface area contributed by atoms with Gasteiger partial charge < -0.3 is 9.47 Å². The minimum absolute atomic E-state index is 0.0296. The molecule has 1 aliphatic rings. The second-order valence-electron chi connectivity index (χ2n) is 9.13. The molecule has 0 saturated heterocycles. The van der Waals surface area contributed by atoms with Crippen LogP contribution >= 0.6 is 11.3 Å². The van der Waals surface area contributed by atoms with E-state index in [1.54, 1.807) is 25.5 Å². The highest BCUT2D eigenvalue weighted by atomic mass is 32.1. The third-order valence-electron chi connectivity index (χ3n) is 6.80. The van der Waals surface area contributed by atoms with Gasteiger partial charge in [-0.05, 0) is 69.2 Å². The molecular weight excluding hydrogens is 464 g/mol. The van der Waals surface area contributed by atoms with Gasteiger partial charge in [0.25, 0.3) is 0 Å². The molecular formula is C26H36N4O4S. The average molecular weight is 501 g/mol. The van der Waals surface area contributed by atoms with Gasteiger partial charge in [0, 0.05) is 38.2 Å². The van der Waals surface area contributed by atoms with Crippen LogP contribution in [0.5, 0.6) is 5.75 Å². The summed E-state index contributed by atoms with van der Waals surface area (Å²) in [4.78, 5) is 23.0. The van der Waals surface area contributed by atoms with E-state index in [0.29, 0.717) is 5.92 Å². The van der Waals surface area contributed by atoms with Crippen molar-refractivity contribution in [1.82, 2.24) is 19.7 Å². The van der Waals surface area contributed by atoms with E-state index >= 15 is 0 Å². The number of aromatic nitrogens is 3. The summed E-state index contributed by atoms with van der Waals surface area (Å²) in [5.41, 5.74) is 2.20. The number of imidazole rings is 1. The van der Waals surface area contributed by atoms with E-state index in [9.17, 15) is 4.79 Å². The van der Waals surface area contributed by atoms with Crippen LogP contribution in [0, 0.1) is 5.92 Å². The molecule has 1 saturated carbocycles. The van der Waals surface area contributed by atoms with Gasteiger partial charge in [0.1, 0.15) is 10.8 Å². The maximum atomic E-state index is 12.4. The number of hydrogen-bond acceptors (Lipinski definition) is 7.